The molecule has 1 aromatic heterocycles. The number of aliphatic hydroxyl groups is 1. The largest absolute Gasteiger partial charge is 0.491 e. The van der Waals surface area contributed by atoms with E-state index < -0.39 is 6.10 Å². The van der Waals surface area contributed by atoms with Gasteiger partial charge in [-0.25, -0.2) is 4.98 Å². The molecule has 1 fully saturated rings. The molecule has 0 radical (unpaired) electrons. The molecule has 2 aromatic rings. The SMILES string of the molecule is Cc1ccccc1OC[C@@H](O)CN1CCC[C@H]1c1nc2c([nH]1)CCCC2. The van der Waals surface area contributed by atoms with Gasteiger partial charge in [0.05, 0.1) is 11.7 Å². The number of H-pyrrole nitrogens is 1. The fourth-order valence-electron chi connectivity index (χ4n) is 4.22. The second-order valence-electron chi connectivity index (χ2n) is 7.64. The van der Waals surface area contributed by atoms with E-state index in [0.717, 1.165) is 49.4 Å². The van der Waals surface area contributed by atoms with E-state index in [0.29, 0.717) is 19.2 Å². The van der Waals surface area contributed by atoms with Gasteiger partial charge in [-0.1, -0.05) is 18.2 Å². The zero-order valence-electron chi connectivity index (χ0n) is 15.6. The minimum absolute atomic E-state index is 0.300. The summed E-state index contributed by atoms with van der Waals surface area (Å²) in [7, 11) is 0. The minimum atomic E-state index is -0.500. The van der Waals surface area contributed by atoms with E-state index >= 15 is 0 Å². The number of nitrogens with one attached hydrogen (secondary N) is 1. The van der Waals surface area contributed by atoms with Gasteiger partial charge in [-0.05, 0) is 63.6 Å². The summed E-state index contributed by atoms with van der Waals surface area (Å²) in [5.74, 6) is 1.95. The molecule has 0 saturated carbocycles. The van der Waals surface area contributed by atoms with Crippen LogP contribution in [-0.4, -0.2) is 45.8 Å². The Morgan fingerprint density at radius 2 is 2.12 bits per heavy atom. The fraction of sp³-hybridized carbons (Fsp3) is 0.571. The summed E-state index contributed by atoms with van der Waals surface area (Å²) in [5.41, 5.74) is 3.70. The zero-order valence-corrected chi connectivity index (χ0v) is 15.6. The fourth-order valence-corrected chi connectivity index (χ4v) is 4.22. The Kier molecular flexibility index (Phi) is 5.27. The van der Waals surface area contributed by atoms with E-state index in [1.807, 2.05) is 31.2 Å². The molecule has 2 atom stereocenters. The van der Waals surface area contributed by atoms with Crippen molar-refractivity contribution in [3.63, 3.8) is 0 Å². The predicted octanol–water partition coefficient (Wildman–Crippen LogP) is 3.17. The molecule has 1 aliphatic heterocycles. The molecule has 5 heteroatoms. The summed E-state index contributed by atoms with van der Waals surface area (Å²) in [5, 5.41) is 10.5. The molecular weight excluding hydrogens is 326 g/mol. The lowest BCUT2D eigenvalue weighted by molar-refractivity contribution is 0.0626. The van der Waals surface area contributed by atoms with Crippen LogP contribution in [0, 0.1) is 6.92 Å². The van der Waals surface area contributed by atoms with Crippen LogP contribution in [0.2, 0.25) is 0 Å². The Morgan fingerprint density at radius 3 is 2.96 bits per heavy atom. The topological polar surface area (TPSA) is 61.4 Å². The van der Waals surface area contributed by atoms with E-state index in [4.69, 9.17) is 9.72 Å². The molecule has 5 nitrogen and oxygen atoms in total. The molecule has 140 valence electrons. The van der Waals surface area contributed by atoms with Crippen LogP contribution >= 0.6 is 0 Å². The molecule has 0 amide bonds. The van der Waals surface area contributed by atoms with E-state index in [1.165, 1.54) is 24.2 Å². The number of aliphatic hydroxyl groups excluding tert-OH is 1. The van der Waals surface area contributed by atoms with Crippen LogP contribution in [0.15, 0.2) is 24.3 Å². The number of hydrogen-bond donors (Lipinski definition) is 2. The van der Waals surface area contributed by atoms with Gasteiger partial charge in [0.2, 0.25) is 0 Å². The number of nitrogens with zero attached hydrogens (tertiary/aromatic N) is 2. The van der Waals surface area contributed by atoms with Gasteiger partial charge in [0.1, 0.15) is 24.3 Å². The molecular formula is C21H29N3O2. The number of benzene rings is 1. The van der Waals surface area contributed by atoms with Crippen molar-refractivity contribution in [1.29, 1.82) is 0 Å². The van der Waals surface area contributed by atoms with Gasteiger partial charge in [-0.15, -0.1) is 0 Å². The molecule has 26 heavy (non-hydrogen) atoms. The second-order valence-corrected chi connectivity index (χ2v) is 7.64. The third-order valence-electron chi connectivity index (χ3n) is 5.62. The standard InChI is InChI=1S/C21H29N3O2/c1-15-7-2-5-11-20(15)26-14-16(25)13-24-12-6-10-19(24)21-22-17-8-3-4-9-18(17)23-21/h2,5,7,11,16,19,25H,3-4,6,8-10,12-14H2,1H3,(H,22,23)/t16-,19-/m0/s1. The van der Waals surface area contributed by atoms with Crippen LogP contribution in [0.5, 0.6) is 5.75 Å². The predicted molar refractivity (Wildman–Crippen MR) is 101 cm³/mol. The monoisotopic (exact) mass is 355 g/mol. The molecule has 0 bridgehead atoms. The summed E-state index contributed by atoms with van der Waals surface area (Å²) in [6.07, 6.45) is 6.50. The lowest BCUT2D eigenvalue weighted by Crippen LogP contribution is -2.35. The summed E-state index contributed by atoms with van der Waals surface area (Å²) < 4.78 is 5.82. The molecule has 2 heterocycles. The lowest BCUT2D eigenvalue weighted by Gasteiger charge is -2.25. The highest BCUT2D eigenvalue weighted by molar-refractivity contribution is 5.31. The van der Waals surface area contributed by atoms with Crippen molar-refractivity contribution in [2.45, 2.75) is 57.6 Å². The number of rotatable bonds is 6. The Balaban J connectivity index is 1.36. The molecule has 1 aromatic carbocycles. The highest BCUT2D eigenvalue weighted by atomic mass is 16.5. The number of aromatic nitrogens is 2. The molecule has 4 rings (SSSR count). The first-order valence-corrected chi connectivity index (χ1v) is 9.89. The van der Waals surface area contributed by atoms with Gasteiger partial charge in [0.15, 0.2) is 0 Å². The highest BCUT2D eigenvalue weighted by Gasteiger charge is 2.31. The third kappa shape index (κ3) is 3.79. The molecule has 2 N–H and O–H groups in total. The number of fused-ring (bicyclic) bond motifs is 1. The summed E-state index contributed by atoms with van der Waals surface area (Å²) in [4.78, 5) is 10.8. The third-order valence-corrected chi connectivity index (χ3v) is 5.62. The van der Waals surface area contributed by atoms with Gasteiger partial charge in [-0.3, -0.25) is 4.90 Å². The van der Waals surface area contributed by atoms with Crippen LogP contribution in [0.3, 0.4) is 0 Å². The number of aromatic amines is 1. The Bertz CT molecular complexity index is 719. The van der Waals surface area contributed by atoms with Gasteiger partial charge in [0, 0.05) is 12.2 Å². The van der Waals surface area contributed by atoms with E-state index in [2.05, 4.69) is 9.88 Å². The maximum absolute atomic E-state index is 10.5. The quantitative estimate of drug-likeness (QED) is 0.835. The van der Waals surface area contributed by atoms with Crippen molar-refractivity contribution in [2.24, 2.45) is 0 Å². The smallest absolute Gasteiger partial charge is 0.124 e. The van der Waals surface area contributed by atoms with Crippen LogP contribution in [-0.2, 0) is 12.8 Å². The van der Waals surface area contributed by atoms with Gasteiger partial charge in [0.25, 0.3) is 0 Å². The zero-order chi connectivity index (χ0) is 17.9. The summed E-state index contributed by atoms with van der Waals surface area (Å²) >= 11 is 0. The van der Waals surface area contributed by atoms with Crippen LogP contribution in [0.1, 0.15) is 54.5 Å². The highest BCUT2D eigenvalue weighted by Crippen LogP contribution is 2.32. The number of imidazole rings is 1. The Morgan fingerprint density at radius 1 is 1.27 bits per heavy atom. The van der Waals surface area contributed by atoms with Gasteiger partial charge in [-0.2, -0.15) is 0 Å². The number of hydrogen-bond acceptors (Lipinski definition) is 4. The van der Waals surface area contributed by atoms with Crippen molar-refractivity contribution in [3.05, 3.63) is 47.0 Å². The minimum Gasteiger partial charge on any atom is -0.491 e. The van der Waals surface area contributed by atoms with Gasteiger partial charge >= 0.3 is 0 Å². The molecule has 0 unspecified atom stereocenters. The number of likely N-dealkylation sites (tertiary alicyclic amines) is 1. The first kappa shape index (κ1) is 17.6. The molecule has 1 saturated heterocycles. The summed E-state index contributed by atoms with van der Waals surface area (Å²) in [6, 6.07) is 8.24. The lowest BCUT2D eigenvalue weighted by atomic mass is 10.0. The number of para-hydroxylation sites is 1. The molecule has 2 aliphatic rings. The second kappa shape index (κ2) is 7.80. The average Bonchev–Trinajstić information content (AvgIpc) is 3.27. The van der Waals surface area contributed by atoms with Crippen LogP contribution in [0.4, 0.5) is 0 Å². The Hall–Kier alpha value is -1.85. The molecule has 1 aliphatic carbocycles. The van der Waals surface area contributed by atoms with Crippen molar-refractivity contribution in [1.82, 2.24) is 14.9 Å². The van der Waals surface area contributed by atoms with Crippen molar-refractivity contribution < 1.29 is 9.84 Å². The maximum Gasteiger partial charge on any atom is 0.124 e. The Labute approximate surface area is 155 Å². The average molecular weight is 355 g/mol. The van der Waals surface area contributed by atoms with Crippen LogP contribution in [0.25, 0.3) is 0 Å². The van der Waals surface area contributed by atoms with Crippen molar-refractivity contribution >= 4 is 0 Å². The number of β-amino-alcohol motifs (C(OH)–C–C–N with tert-alkyl or cyclic N) is 1. The number of aryl methyl sites for hydroxylation is 3. The summed E-state index contributed by atoms with van der Waals surface area (Å²) in [6.45, 7) is 3.99. The first-order chi connectivity index (χ1) is 12.7. The maximum atomic E-state index is 10.5. The van der Waals surface area contributed by atoms with E-state index in [1.54, 1.807) is 0 Å². The first-order valence-electron chi connectivity index (χ1n) is 9.89. The van der Waals surface area contributed by atoms with E-state index in [9.17, 15) is 5.11 Å². The van der Waals surface area contributed by atoms with Crippen LogP contribution < -0.4 is 4.74 Å². The number of ether oxygens (including phenoxy) is 1. The van der Waals surface area contributed by atoms with Crippen molar-refractivity contribution in [2.75, 3.05) is 19.7 Å². The normalized spacial score (nSPS) is 21.5. The van der Waals surface area contributed by atoms with Crippen molar-refractivity contribution in [3.8, 4) is 5.75 Å². The van der Waals surface area contributed by atoms with Gasteiger partial charge < -0.3 is 14.8 Å². The molecule has 0 spiro atoms. The van der Waals surface area contributed by atoms with E-state index in [-0.39, 0.29) is 0 Å².